The SMILES string of the molecule is NCc1ccccc1[C@H](O)CBr. The van der Waals surface area contributed by atoms with E-state index in [4.69, 9.17) is 5.73 Å². The smallest absolute Gasteiger partial charge is 0.0889 e. The Balaban J connectivity index is 2.96. The van der Waals surface area contributed by atoms with Crippen molar-refractivity contribution in [2.24, 2.45) is 5.73 Å². The molecule has 66 valence electrons. The van der Waals surface area contributed by atoms with Crippen molar-refractivity contribution in [3.05, 3.63) is 35.4 Å². The van der Waals surface area contributed by atoms with Crippen molar-refractivity contribution in [2.45, 2.75) is 12.6 Å². The van der Waals surface area contributed by atoms with Crippen LogP contribution in [0.5, 0.6) is 0 Å². The lowest BCUT2D eigenvalue weighted by Gasteiger charge is -2.11. The number of aliphatic hydroxyl groups is 1. The largest absolute Gasteiger partial charge is 0.388 e. The van der Waals surface area contributed by atoms with E-state index in [1.807, 2.05) is 24.3 Å². The van der Waals surface area contributed by atoms with E-state index in [9.17, 15) is 5.11 Å². The van der Waals surface area contributed by atoms with Crippen LogP contribution in [0.3, 0.4) is 0 Å². The molecule has 3 N–H and O–H groups in total. The third-order valence-corrected chi connectivity index (χ3v) is 2.39. The second-order valence-corrected chi connectivity index (χ2v) is 3.22. The Kier molecular flexibility index (Phi) is 3.72. The van der Waals surface area contributed by atoms with E-state index in [1.54, 1.807) is 0 Å². The maximum absolute atomic E-state index is 9.54. The molecule has 0 amide bonds. The topological polar surface area (TPSA) is 46.2 Å². The van der Waals surface area contributed by atoms with Crippen LogP contribution in [-0.4, -0.2) is 10.4 Å². The molecule has 0 saturated heterocycles. The summed E-state index contributed by atoms with van der Waals surface area (Å²) < 4.78 is 0. The van der Waals surface area contributed by atoms with Crippen LogP contribution >= 0.6 is 15.9 Å². The van der Waals surface area contributed by atoms with Crippen LogP contribution in [0.25, 0.3) is 0 Å². The molecule has 0 saturated carbocycles. The molecule has 0 radical (unpaired) electrons. The highest BCUT2D eigenvalue weighted by Crippen LogP contribution is 2.18. The van der Waals surface area contributed by atoms with Crippen LogP contribution in [0, 0.1) is 0 Å². The Morgan fingerprint density at radius 1 is 1.42 bits per heavy atom. The van der Waals surface area contributed by atoms with E-state index < -0.39 is 6.10 Å². The molecule has 0 unspecified atom stereocenters. The molecular formula is C9H12BrNO. The Bertz CT molecular complexity index is 252. The average molecular weight is 230 g/mol. The fraction of sp³-hybridized carbons (Fsp3) is 0.333. The fourth-order valence-corrected chi connectivity index (χ4v) is 1.48. The van der Waals surface area contributed by atoms with Crippen LogP contribution in [0.1, 0.15) is 17.2 Å². The van der Waals surface area contributed by atoms with Gasteiger partial charge in [0.1, 0.15) is 0 Å². The predicted octanol–water partition coefficient (Wildman–Crippen LogP) is 1.57. The van der Waals surface area contributed by atoms with E-state index in [2.05, 4.69) is 15.9 Å². The lowest BCUT2D eigenvalue weighted by Crippen LogP contribution is -2.06. The Hall–Kier alpha value is -0.380. The first kappa shape index (κ1) is 9.71. The Morgan fingerprint density at radius 3 is 2.67 bits per heavy atom. The summed E-state index contributed by atoms with van der Waals surface area (Å²) >= 11 is 3.22. The van der Waals surface area contributed by atoms with E-state index in [0.29, 0.717) is 11.9 Å². The van der Waals surface area contributed by atoms with E-state index in [-0.39, 0.29) is 0 Å². The molecule has 0 heterocycles. The third-order valence-electron chi connectivity index (χ3n) is 1.78. The van der Waals surface area contributed by atoms with Crippen LogP contribution in [0.2, 0.25) is 0 Å². The molecule has 0 aliphatic rings. The van der Waals surface area contributed by atoms with Crippen LogP contribution in [0.4, 0.5) is 0 Å². The quantitative estimate of drug-likeness (QED) is 0.774. The van der Waals surface area contributed by atoms with Crippen LogP contribution < -0.4 is 5.73 Å². The van der Waals surface area contributed by atoms with Gasteiger partial charge in [-0.25, -0.2) is 0 Å². The molecule has 1 atom stereocenters. The first-order valence-electron chi connectivity index (χ1n) is 3.81. The summed E-state index contributed by atoms with van der Waals surface area (Å²) in [5, 5.41) is 10.1. The highest BCUT2D eigenvalue weighted by atomic mass is 79.9. The van der Waals surface area contributed by atoms with Gasteiger partial charge in [-0.15, -0.1) is 0 Å². The number of benzene rings is 1. The molecule has 0 aliphatic carbocycles. The summed E-state index contributed by atoms with van der Waals surface area (Å²) in [6.07, 6.45) is -0.454. The number of halogens is 1. The summed E-state index contributed by atoms with van der Waals surface area (Å²) in [5.41, 5.74) is 7.43. The van der Waals surface area contributed by atoms with E-state index in [0.717, 1.165) is 11.1 Å². The molecule has 1 aromatic carbocycles. The lowest BCUT2D eigenvalue weighted by atomic mass is 10.0. The standard InChI is InChI=1S/C9H12BrNO/c10-5-9(12)8-4-2-1-3-7(8)6-11/h1-4,9,12H,5-6,11H2/t9-/m1/s1. The lowest BCUT2D eigenvalue weighted by molar-refractivity contribution is 0.204. The summed E-state index contributed by atoms with van der Waals surface area (Å²) in [6, 6.07) is 7.66. The van der Waals surface area contributed by atoms with Gasteiger partial charge >= 0.3 is 0 Å². The summed E-state index contributed by atoms with van der Waals surface area (Å²) in [7, 11) is 0. The minimum absolute atomic E-state index is 0.454. The maximum Gasteiger partial charge on any atom is 0.0889 e. The molecule has 0 aliphatic heterocycles. The highest BCUT2D eigenvalue weighted by molar-refractivity contribution is 9.09. The molecular weight excluding hydrogens is 218 g/mol. The maximum atomic E-state index is 9.54. The zero-order valence-electron chi connectivity index (χ0n) is 6.70. The second kappa shape index (κ2) is 4.60. The first-order valence-corrected chi connectivity index (χ1v) is 4.93. The van der Waals surface area contributed by atoms with Gasteiger partial charge in [-0.3, -0.25) is 0 Å². The zero-order chi connectivity index (χ0) is 8.97. The average Bonchev–Trinajstić information content (AvgIpc) is 2.16. The zero-order valence-corrected chi connectivity index (χ0v) is 8.29. The van der Waals surface area contributed by atoms with Gasteiger partial charge in [-0.1, -0.05) is 40.2 Å². The van der Waals surface area contributed by atoms with Crippen molar-refractivity contribution in [3.8, 4) is 0 Å². The third kappa shape index (κ3) is 2.06. The first-order chi connectivity index (χ1) is 5.79. The normalized spacial score (nSPS) is 12.9. The van der Waals surface area contributed by atoms with Gasteiger partial charge in [0.2, 0.25) is 0 Å². The van der Waals surface area contributed by atoms with Gasteiger partial charge in [-0.05, 0) is 11.1 Å². The van der Waals surface area contributed by atoms with Crippen molar-refractivity contribution >= 4 is 15.9 Å². The highest BCUT2D eigenvalue weighted by Gasteiger charge is 2.08. The Labute approximate surface area is 80.5 Å². The number of hydrogen-bond acceptors (Lipinski definition) is 2. The van der Waals surface area contributed by atoms with Crippen molar-refractivity contribution in [3.63, 3.8) is 0 Å². The fourth-order valence-electron chi connectivity index (χ4n) is 1.13. The predicted molar refractivity (Wildman–Crippen MR) is 53.1 cm³/mol. The summed E-state index contributed by atoms with van der Waals surface area (Å²) in [4.78, 5) is 0. The van der Waals surface area contributed by atoms with E-state index >= 15 is 0 Å². The van der Waals surface area contributed by atoms with Crippen molar-refractivity contribution in [1.82, 2.24) is 0 Å². The molecule has 3 heteroatoms. The van der Waals surface area contributed by atoms with E-state index in [1.165, 1.54) is 0 Å². The van der Waals surface area contributed by atoms with Gasteiger partial charge in [-0.2, -0.15) is 0 Å². The van der Waals surface area contributed by atoms with Gasteiger partial charge in [0.15, 0.2) is 0 Å². The molecule has 1 aromatic rings. The van der Waals surface area contributed by atoms with Gasteiger partial charge in [0.05, 0.1) is 6.10 Å². The molecule has 0 aromatic heterocycles. The summed E-state index contributed by atoms with van der Waals surface area (Å²) in [6.45, 7) is 0.472. The number of rotatable bonds is 3. The monoisotopic (exact) mass is 229 g/mol. The molecule has 1 rings (SSSR count). The Morgan fingerprint density at radius 2 is 2.08 bits per heavy atom. The van der Waals surface area contributed by atoms with Gasteiger partial charge < -0.3 is 10.8 Å². The van der Waals surface area contributed by atoms with Crippen LogP contribution in [-0.2, 0) is 6.54 Å². The molecule has 0 bridgehead atoms. The molecule has 0 spiro atoms. The van der Waals surface area contributed by atoms with Gasteiger partial charge in [0, 0.05) is 11.9 Å². The minimum Gasteiger partial charge on any atom is -0.388 e. The minimum atomic E-state index is -0.454. The molecule has 2 nitrogen and oxygen atoms in total. The number of aliphatic hydroxyl groups excluding tert-OH is 1. The van der Waals surface area contributed by atoms with Crippen molar-refractivity contribution in [1.29, 1.82) is 0 Å². The number of alkyl halides is 1. The van der Waals surface area contributed by atoms with Gasteiger partial charge in [0.25, 0.3) is 0 Å². The summed E-state index contributed by atoms with van der Waals surface area (Å²) in [5.74, 6) is 0. The molecule has 0 fully saturated rings. The van der Waals surface area contributed by atoms with Crippen molar-refractivity contribution in [2.75, 3.05) is 5.33 Å². The number of nitrogens with two attached hydrogens (primary N) is 1. The number of hydrogen-bond donors (Lipinski definition) is 2. The second-order valence-electron chi connectivity index (χ2n) is 2.57. The van der Waals surface area contributed by atoms with Crippen molar-refractivity contribution < 1.29 is 5.11 Å². The molecule has 12 heavy (non-hydrogen) atoms. The van der Waals surface area contributed by atoms with Crippen LogP contribution in [0.15, 0.2) is 24.3 Å².